The average Bonchev–Trinajstić information content (AvgIpc) is 3.06. The van der Waals surface area contributed by atoms with Gasteiger partial charge in [-0.25, -0.2) is 18.1 Å². The highest BCUT2D eigenvalue weighted by Gasteiger charge is 2.19. The lowest BCUT2D eigenvalue weighted by molar-refractivity contribution is 0.417. The normalized spacial score (nSPS) is 11.2. The zero-order valence-corrected chi connectivity index (χ0v) is 14.0. The molecular weight excluding hydrogens is 328 g/mol. The highest BCUT2D eigenvalue weighted by Crippen LogP contribution is 2.27. The van der Waals surface area contributed by atoms with E-state index in [1.165, 1.54) is 24.2 Å². The van der Waals surface area contributed by atoms with Gasteiger partial charge in [-0.3, -0.25) is 4.72 Å². The third kappa shape index (κ3) is 3.23. The Bertz CT molecular complexity index is 952. The van der Waals surface area contributed by atoms with E-state index in [9.17, 15) is 8.42 Å². The monoisotopic (exact) mass is 344 g/mol. The summed E-state index contributed by atoms with van der Waals surface area (Å²) < 4.78 is 34.3. The molecule has 3 aromatic rings. The van der Waals surface area contributed by atoms with Crippen LogP contribution in [-0.2, 0) is 10.0 Å². The number of nitrogens with one attached hydrogen (secondary N) is 1. The summed E-state index contributed by atoms with van der Waals surface area (Å²) in [6.07, 6.45) is 4.30. The number of aromatic nitrogens is 3. The van der Waals surface area contributed by atoms with E-state index < -0.39 is 10.0 Å². The first kappa shape index (κ1) is 16.0. The van der Waals surface area contributed by atoms with Crippen LogP contribution in [0.4, 0.5) is 5.69 Å². The minimum Gasteiger partial charge on any atom is -0.495 e. The number of sulfonamides is 1. The third-order valence-electron chi connectivity index (χ3n) is 3.35. The van der Waals surface area contributed by atoms with E-state index in [0.29, 0.717) is 17.3 Å². The summed E-state index contributed by atoms with van der Waals surface area (Å²) in [7, 11) is -2.30. The molecule has 8 heteroatoms. The molecule has 0 spiro atoms. The maximum Gasteiger partial charge on any atom is 0.265 e. The van der Waals surface area contributed by atoms with Crippen LogP contribution in [0.2, 0.25) is 0 Å². The summed E-state index contributed by atoms with van der Waals surface area (Å²) in [5.74, 6) is 0.980. The van der Waals surface area contributed by atoms with Crippen molar-refractivity contribution >= 4 is 15.7 Å². The van der Waals surface area contributed by atoms with Crippen molar-refractivity contribution in [3.8, 4) is 11.6 Å². The lowest BCUT2D eigenvalue weighted by Gasteiger charge is -2.11. The Morgan fingerprint density at radius 1 is 1.21 bits per heavy atom. The molecule has 3 rings (SSSR count). The Labute approximate surface area is 140 Å². The smallest absolute Gasteiger partial charge is 0.265 e. The van der Waals surface area contributed by atoms with E-state index in [1.807, 2.05) is 13.0 Å². The summed E-state index contributed by atoms with van der Waals surface area (Å²) in [5.41, 5.74) is 1.29. The fraction of sp³-hybridized carbons (Fsp3) is 0.125. The second kappa shape index (κ2) is 6.32. The number of pyridine rings is 1. The minimum atomic E-state index is -3.79. The van der Waals surface area contributed by atoms with Crippen molar-refractivity contribution in [2.24, 2.45) is 0 Å². The summed E-state index contributed by atoms with van der Waals surface area (Å²) in [6.45, 7) is 1.87. The van der Waals surface area contributed by atoms with E-state index in [2.05, 4.69) is 14.8 Å². The molecule has 0 aliphatic carbocycles. The fourth-order valence-corrected chi connectivity index (χ4v) is 3.16. The number of ether oxygens (including phenoxy) is 1. The first-order valence-corrected chi connectivity index (χ1v) is 8.61. The quantitative estimate of drug-likeness (QED) is 0.768. The van der Waals surface area contributed by atoms with Crippen LogP contribution in [0.15, 0.2) is 59.9 Å². The highest BCUT2D eigenvalue weighted by atomic mass is 32.2. The first-order chi connectivity index (χ1) is 11.5. The number of hydrogen-bond donors (Lipinski definition) is 1. The Morgan fingerprint density at radius 2 is 2.04 bits per heavy atom. The first-order valence-electron chi connectivity index (χ1n) is 7.13. The number of hydrogen-bond acceptors (Lipinski definition) is 5. The van der Waals surface area contributed by atoms with Crippen molar-refractivity contribution in [1.82, 2.24) is 14.8 Å². The van der Waals surface area contributed by atoms with Crippen LogP contribution in [0.3, 0.4) is 0 Å². The van der Waals surface area contributed by atoms with E-state index in [0.717, 1.165) is 5.56 Å². The van der Waals surface area contributed by atoms with E-state index in [-0.39, 0.29) is 4.90 Å². The van der Waals surface area contributed by atoms with E-state index in [1.54, 1.807) is 36.5 Å². The van der Waals surface area contributed by atoms with Gasteiger partial charge in [-0.1, -0.05) is 12.1 Å². The molecule has 0 aliphatic heterocycles. The van der Waals surface area contributed by atoms with Gasteiger partial charge >= 0.3 is 0 Å². The van der Waals surface area contributed by atoms with Crippen LogP contribution < -0.4 is 9.46 Å². The van der Waals surface area contributed by atoms with Gasteiger partial charge in [-0.05, 0) is 36.8 Å². The molecule has 0 unspecified atom stereocenters. The second-order valence-electron chi connectivity index (χ2n) is 5.12. The molecule has 1 aromatic carbocycles. The van der Waals surface area contributed by atoms with Gasteiger partial charge in [0.05, 0.1) is 25.2 Å². The number of anilines is 1. The Hall–Kier alpha value is -2.87. The fourth-order valence-electron chi connectivity index (χ4n) is 2.16. The zero-order valence-electron chi connectivity index (χ0n) is 13.2. The molecule has 0 aliphatic rings. The van der Waals surface area contributed by atoms with Gasteiger partial charge in [0.2, 0.25) is 0 Å². The largest absolute Gasteiger partial charge is 0.495 e. The van der Waals surface area contributed by atoms with Gasteiger partial charge in [0, 0.05) is 6.20 Å². The molecule has 24 heavy (non-hydrogen) atoms. The molecule has 7 nitrogen and oxygen atoms in total. The van der Waals surface area contributed by atoms with Crippen molar-refractivity contribution in [3.05, 3.63) is 60.6 Å². The average molecular weight is 344 g/mol. The summed E-state index contributed by atoms with van der Waals surface area (Å²) in [6, 6.07) is 10.6. The number of benzene rings is 1. The standard InChI is InChI=1S/C16H16N4O3S/c1-12-6-7-15(23-2)14(9-12)19-24(21,22)13-10-18-20(11-13)16-5-3-4-8-17-16/h3-11,19H,1-2H3. The molecule has 0 saturated heterocycles. The predicted octanol–water partition coefficient (Wildman–Crippen LogP) is 2.39. The Balaban J connectivity index is 1.92. The molecule has 0 radical (unpaired) electrons. The lowest BCUT2D eigenvalue weighted by Crippen LogP contribution is -2.13. The Morgan fingerprint density at radius 3 is 2.75 bits per heavy atom. The van der Waals surface area contributed by atoms with Crippen molar-refractivity contribution in [2.75, 3.05) is 11.8 Å². The number of nitrogens with zero attached hydrogens (tertiary/aromatic N) is 3. The van der Waals surface area contributed by atoms with Crippen molar-refractivity contribution < 1.29 is 13.2 Å². The summed E-state index contributed by atoms with van der Waals surface area (Å²) in [4.78, 5) is 4.17. The van der Waals surface area contributed by atoms with Crippen LogP contribution in [0.5, 0.6) is 5.75 Å². The SMILES string of the molecule is COc1ccc(C)cc1NS(=O)(=O)c1cnn(-c2ccccn2)c1. The molecule has 124 valence electrons. The van der Waals surface area contributed by atoms with Gasteiger partial charge in [0.25, 0.3) is 10.0 Å². The Kier molecular flexibility index (Phi) is 4.22. The van der Waals surface area contributed by atoms with Gasteiger partial charge in [0.15, 0.2) is 5.82 Å². The van der Waals surface area contributed by atoms with Crippen LogP contribution in [-0.4, -0.2) is 30.3 Å². The van der Waals surface area contributed by atoms with E-state index >= 15 is 0 Å². The highest BCUT2D eigenvalue weighted by molar-refractivity contribution is 7.92. The molecule has 0 atom stereocenters. The molecule has 1 N–H and O–H groups in total. The van der Waals surface area contributed by atoms with Crippen LogP contribution >= 0.6 is 0 Å². The molecular formula is C16H16N4O3S. The van der Waals surface area contributed by atoms with Gasteiger partial charge in [-0.2, -0.15) is 5.10 Å². The van der Waals surface area contributed by atoms with Gasteiger partial charge < -0.3 is 4.74 Å². The van der Waals surface area contributed by atoms with Crippen molar-refractivity contribution in [1.29, 1.82) is 0 Å². The topological polar surface area (TPSA) is 86.1 Å². The molecule has 0 bridgehead atoms. The molecule has 0 saturated carbocycles. The zero-order chi connectivity index (χ0) is 17.2. The second-order valence-corrected chi connectivity index (χ2v) is 6.80. The van der Waals surface area contributed by atoms with Crippen molar-refractivity contribution in [2.45, 2.75) is 11.8 Å². The number of methoxy groups -OCH3 is 1. The van der Waals surface area contributed by atoms with Gasteiger partial charge in [-0.15, -0.1) is 0 Å². The van der Waals surface area contributed by atoms with Crippen LogP contribution in [0, 0.1) is 6.92 Å². The van der Waals surface area contributed by atoms with Crippen LogP contribution in [0.1, 0.15) is 5.56 Å². The summed E-state index contributed by atoms with van der Waals surface area (Å²) in [5, 5.41) is 4.06. The summed E-state index contributed by atoms with van der Waals surface area (Å²) >= 11 is 0. The van der Waals surface area contributed by atoms with Gasteiger partial charge in [0.1, 0.15) is 10.6 Å². The molecule has 0 fully saturated rings. The minimum absolute atomic E-state index is 0.0386. The maximum absolute atomic E-state index is 12.6. The van der Waals surface area contributed by atoms with Crippen molar-refractivity contribution in [3.63, 3.8) is 0 Å². The number of aryl methyl sites for hydroxylation is 1. The molecule has 0 amide bonds. The number of rotatable bonds is 5. The van der Waals surface area contributed by atoms with Crippen LogP contribution in [0.25, 0.3) is 5.82 Å². The lowest BCUT2D eigenvalue weighted by atomic mass is 10.2. The van der Waals surface area contributed by atoms with E-state index in [4.69, 9.17) is 4.74 Å². The predicted molar refractivity (Wildman–Crippen MR) is 89.9 cm³/mol. The molecule has 2 aromatic heterocycles. The maximum atomic E-state index is 12.6. The third-order valence-corrected chi connectivity index (χ3v) is 4.67. The molecule has 2 heterocycles.